The molecule has 0 atom stereocenters. The fourth-order valence-corrected chi connectivity index (χ4v) is 4.67. The van der Waals surface area contributed by atoms with Crippen LogP contribution < -0.4 is 15.5 Å². The van der Waals surface area contributed by atoms with E-state index in [9.17, 15) is 9.59 Å². The quantitative estimate of drug-likeness (QED) is 0.748. The van der Waals surface area contributed by atoms with Gasteiger partial charge in [-0.15, -0.1) is 0 Å². The van der Waals surface area contributed by atoms with Gasteiger partial charge in [0.15, 0.2) is 0 Å². The van der Waals surface area contributed by atoms with E-state index in [-0.39, 0.29) is 23.8 Å². The number of rotatable bonds is 6. The monoisotopic (exact) mass is 420 g/mol. The molecule has 0 bridgehead atoms. The number of anilines is 1. The van der Waals surface area contributed by atoms with Crippen LogP contribution in [0.5, 0.6) is 0 Å². The van der Waals surface area contributed by atoms with Gasteiger partial charge >= 0.3 is 0 Å². The van der Waals surface area contributed by atoms with Gasteiger partial charge in [0.2, 0.25) is 5.91 Å². The first-order valence-electron chi connectivity index (χ1n) is 11.5. The van der Waals surface area contributed by atoms with Crippen LogP contribution in [0.25, 0.3) is 0 Å². The predicted molar refractivity (Wildman–Crippen MR) is 122 cm³/mol. The van der Waals surface area contributed by atoms with Crippen LogP contribution in [0.2, 0.25) is 0 Å². The first-order valence-corrected chi connectivity index (χ1v) is 11.5. The number of hydrogen-bond donors (Lipinski definition) is 2. The lowest BCUT2D eigenvalue weighted by molar-refractivity contribution is -0.126. The second kappa shape index (κ2) is 10.4. The summed E-state index contributed by atoms with van der Waals surface area (Å²) >= 11 is 0. The molecule has 6 nitrogen and oxygen atoms in total. The second-order valence-electron chi connectivity index (χ2n) is 8.67. The van der Waals surface area contributed by atoms with Crippen molar-refractivity contribution < 1.29 is 9.59 Å². The van der Waals surface area contributed by atoms with Crippen LogP contribution in [0.15, 0.2) is 48.8 Å². The highest BCUT2D eigenvalue weighted by Gasteiger charge is 2.27. The third kappa shape index (κ3) is 5.63. The average Bonchev–Trinajstić information content (AvgIpc) is 2.84. The van der Waals surface area contributed by atoms with E-state index < -0.39 is 0 Å². The van der Waals surface area contributed by atoms with E-state index in [1.54, 1.807) is 12.4 Å². The molecule has 0 unspecified atom stereocenters. The second-order valence-corrected chi connectivity index (χ2v) is 8.67. The number of piperidine rings is 1. The summed E-state index contributed by atoms with van der Waals surface area (Å²) in [5.41, 5.74) is 2.63. The predicted octanol–water partition coefficient (Wildman–Crippen LogP) is 3.68. The van der Waals surface area contributed by atoms with Gasteiger partial charge in [0, 0.05) is 49.7 Å². The smallest absolute Gasteiger partial charge is 0.253 e. The highest BCUT2D eigenvalue weighted by molar-refractivity contribution is 5.99. The molecule has 0 spiro atoms. The molecule has 6 heteroatoms. The summed E-state index contributed by atoms with van der Waals surface area (Å²) in [7, 11) is 0. The summed E-state index contributed by atoms with van der Waals surface area (Å²) in [5.74, 6) is 0.372. The number of hydrogen-bond acceptors (Lipinski definition) is 4. The van der Waals surface area contributed by atoms with Crippen molar-refractivity contribution in [1.29, 1.82) is 0 Å². The number of pyridine rings is 1. The molecule has 1 aliphatic heterocycles. The Kier molecular flexibility index (Phi) is 7.18. The highest BCUT2D eigenvalue weighted by atomic mass is 16.2. The van der Waals surface area contributed by atoms with Crippen LogP contribution in [-0.4, -0.2) is 35.9 Å². The van der Waals surface area contributed by atoms with Gasteiger partial charge in [-0.05, 0) is 49.4 Å². The molecular weight excluding hydrogens is 388 g/mol. The van der Waals surface area contributed by atoms with Gasteiger partial charge in [0.05, 0.1) is 5.56 Å². The fourth-order valence-electron chi connectivity index (χ4n) is 4.67. The topological polar surface area (TPSA) is 74.3 Å². The third-order valence-electron chi connectivity index (χ3n) is 6.48. The first-order chi connectivity index (χ1) is 15.2. The highest BCUT2D eigenvalue weighted by Crippen LogP contribution is 2.26. The van der Waals surface area contributed by atoms with E-state index in [1.165, 1.54) is 19.3 Å². The van der Waals surface area contributed by atoms with Crippen LogP contribution in [0.1, 0.15) is 60.9 Å². The summed E-state index contributed by atoms with van der Waals surface area (Å²) in [5, 5.41) is 6.29. The lowest BCUT2D eigenvalue weighted by Crippen LogP contribution is -2.47. The molecule has 1 saturated heterocycles. The van der Waals surface area contributed by atoms with Gasteiger partial charge < -0.3 is 15.5 Å². The molecular formula is C25H32N4O2. The summed E-state index contributed by atoms with van der Waals surface area (Å²) in [6.07, 6.45) is 11.0. The Bertz CT molecular complexity index is 872. The average molecular weight is 421 g/mol. The molecule has 2 heterocycles. The Hall–Kier alpha value is -2.89. The van der Waals surface area contributed by atoms with Gasteiger partial charge in [-0.2, -0.15) is 0 Å². The number of carbonyl (C=O) groups is 2. The number of para-hydroxylation sites is 1. The molecule has 2 aromatic rings. The number of aromatic nitrogens is 1. The molecule has 4 rings (SSSR count). The summed E-state index contributed by atoms with van der Waals surface area (Å²) < 4.78 is 0. The van der Waals surface area contributed by atoms with Gasteiger partial charge in [0.25, 0.3) is 5.91 Å². The van der Waals surface area contributed by atoms with Crippen LogP contribution in [0, 0.1) is 5.92 Å². The van der Waals surface area contributed by atoms with E-state index >= 15 is 0 Å². The van der Waals surface area contributed by atoms with Gasteiger partial charge in [-0.25, -0.2) is 0 Å². The molecule has 1 saturated carbocycles. The Morgan fingerprint density at radius 1 is 0.968 bits per heavy atom. The number of amides is 2. The SMILES string of the molecule is O=C(NCc1cccnc1)c1ccccc1N1CCC(NC(=O)C2CCCCC2)CC1. The first kappa shape index (κ1) is 21.3. The van der Waals surface area contributed by atoms with Crippen molar-refractivity contribution in [3.05, 3.63) is 59.9 Å². The molecule has 2 fully saturated rings. The number of benzene rings is 1. The molecule has 31 heavy (non-hydrogen) atoms. The van der Waals surface area contributed by atoms with Crippen molar-refractivity contribution >= 4 is 17.5 Å². The maximum atomic E-state index is 12.9. The van der Waals surface area contributed by atoms with Crippen molar-refractivity contribution in [3.8, 4) is 0 Å². The van der Waals surface area contributed by atoms with Crippen molar-refractivity contribution in [1.82, 2.24) is 15.6 Å². The zero-order valence-corrected chi connectivity index (χ0v) is 18.1. The van der Waals surface area contributed by atoms with Crippen molar-refractivity contribution in [2.45, 2.75) is 57.5 Å². The number of carbonyl (C=O) groups excluding carboxylic acids is 2. The lowest BCUT2D eigenvalue weighted by Gasteiger charge is -2.35. The largest absolute Gasteiger partial charge is 0.371 e. The van der Waals surface area contributed by atoms with E-state index in [0.29, 0.717) is 12.1 Å². The Balaban J connectivity index is 1.32. The van der Waals surface area contributed by atoms with Crippen LogP contribution in [0.4, 0.5) is 5.69 Å². The normalized spacial score (nSPS) is 17.9. The Morgan fingerprint density at radius 3 is 2.48 bits per heavy atom. The zero-order chi connectivity index (χ0) is 21.5. The molecule has 0 radical (unpaired) electrons. The standard InChI is InChI=1S/C25H32N4O2/c30-24(20-8-2-1-3-9-20)28-21-12-15-29(16-13-21)23-11-5-4-10-22(23)25(31)27-18-19-7-6-14-26-17-19/h4-7,10-11,14,17,20-21H,1-3,8-9,12-13,15-16,18H2,(H,27,31)(H,28,30). The summed E-state index contributed by atoms with van der Waals surface area (Å²) in [6.45, 7) is 2.13. The van der Waals surface area contributed by atoms with E-state index in [1.807, 2.05) is 36.4 Å². The maximum Gasteiger partial charge on any atom is 0.253 e. The Morgan fingerprint density at radius 2 is 1.74 bits per heavy atom. The molecule has 2 N–H and O–H groups in total. The van der Waals surface area contributed by atoms with Crippen molar-refractivity contribution in [2.24, 2.45) is 5.92 Å². The maximum absolute atomic E-state index is 12.9. The summed E-state index contributed by atoms with van der Waals surface area (Å²) in [4.78, 5) is 31.8. The number of nitrogens with one attached hydrogen (secondary N) is 2. The van der Waals surface area contributed by atoms with Crippen LogP contribution in [-0.2, 0) is 11.3 Å². The molecule has 1 aromatic heterocycles. The van der Waals surface area contributed by atoms with Gasteiger partial charge in [-0.1, -0.05) is 37.5 Å². The van der Waals surface area contributed by atoms with Crippen molar-refractivity contribution in [3.63, 3.8) is 0 Å². The van der Waals surface area contributed by atoms with Gasteiger partial charge in [-0.3, -0.25) is 14.6 Å². The van der Waals surface area contributed by atoms with E-state index in [0.717, 1.165) is 50.0 Å². The summed E-state index contributed by atoms with van der Waals surface area (Å²) in [6, 6.07) is 11.8. The zero-order valence-electron chi connectivity index (χ0n) is 18.1. The van der Waals surface area contributed by atoms with Gasteiger partial charge in [0.1, 0.15) is 0 Å². The Labute approximate surface area is 184 Å². The molecule has 1 aromatic carbocycles. The van der Waals surface area contributed by atoms with Crippen LogP contribution in [0.3, 0.4) is 0 Å². The number of nitrogens with zero attached hydrogens (tertiary/aromatic N) is 2. The minimum atomic E-state index is -0.0767. The third-order valence-corrected chi connectivity index (χ3v) is 6.48. The molecule has 1 aliphatic carbocycles. The fraction of sp³-hybridized carbons (Fsp3) is 0.480. The van der Waals surface area contributed by atoms with E-state index in [4.69, 9.17) is 0 Å². The van der Waals surface area contributed by atoms with E-state index in [2.05, 4.69) is 20.5 Å². The molecule has 2 amide bonds. The minimum absolute atomic E-state index is 0.0767. The minimum Gasteiger partial charge on any atom is -0.371 e. The molecule has 2 aliphatic rings. The van der Waals surface area contributed by atoms with Crippen LogP contribution >= 0.6 is 0 Å². The lowest BCUT2D eigenvalue weighted by atomic mass is 9.88. The van der Waals surface area contributed by atoms with Crippen molar-refractivity contribution in [2.75, 3.05) is 18.0 Å². The molecule has 164 valence electrons.